The van der Waals surface area contributed by atoms with Gasteiger partial charge in [0, 0.05) is 24.6 Å². The summed E-state index contributed by atoms with van der Waals surface area (Å²) < 4.78 is 5.07. The molecule has 9 heteroatoms. The molecule has 0 unspecified atom stereocenters. The third kappa shape index (κ3) is 8.53. The standard InChI is InChI=1S/C21H22N4O4S/c1-29-17-10-7-15(8-11-17)9-12-19(27)23-21(30)25-24-20(28)14-13-18(26)22-16-5-3-2-4-6-16/h2-12H,13-14H2,1H3,(H,22,26)(H,24,28)(H2,23,25,27,30). The van der Waals surface area contributed by atoms with E-state index >= 15 is 0 Å². The largest absolute Gasteiger partial charge is 0.497 e. The van der Waals surface area contributed by atoms with Crippen LogP contribution in [-0.2, 0) is 14.4 Å². The maximum atomic E-state index is 11.9. The van der Waals surface area contributed by atoms with Crippen LogP contribution in [0.5, 0.6) is 5.75 Å². The molecule has 30 heavy (non-hydrogen) atoms. The Morgan fingerprint density at radius 2 is 1.60 bits per heavy atom. The first-order valence-electron chi connectivity index (χ1n) is 9.03. The van der Waals surface area contributed by atoms with Gasteiger partial charge in [-0.3, -0.25) is 30.6 Å². The summed E-state index contributed by atoms with van der Waals surface area (Å²) in [4.78, 5) is 35.5. The van der Waals surface area contributed by atoms with E-state index in [2.05, 4.69) is 21.5 Å². The Morgan fingerprint density at radius 3 is 2.27 bits per heavy atom. The second-order valence-corrected chi connectivity index (χ2v) is 6.42. The number of nitrogens with one attached hydrogen (secondary N) is 4. The van der Waals surface area contributed by atoms with Gasteiger partial charge in [-0.2, -0.15) is 0 Å². The average Bonchev–Trinajstić information content (AvgIpc) is 2.76. The van der Waals surface area contributed by atoms with E-state index in [-0.39, 0.29) is 23.9 Å². The molecule has 0 fully saturated rings. The summed E-state index contributed by atoms with van der Waals surface area (Å²) in [6.45, 7) is 0. The Morgan fingerprint density at radius 1 is 0.933 bits per heavy atom. The minimum absolute atomic E-state index is 0.00608. The number of hydrogen-bond donors (Lipinski definition) is 4. The topological polar surface area (TPSA) is 109 Å². The molecule has 0 radical (unpaired) electrons. The number of ether oxygens (including phenoxy) is 1. The molecule has 4 N–H and O–H groups in total. The van der Waals surface area contributed by atoms with E-state index in [0.29, 0.717) is 5.69 Å². The van der Waals surface area contributed by atoms with Crippen LogP contribution >= 0.6 is 12.2 Å². The molecule has 2 rings (SSSR count). The van der Waals surface area contributed by atoms with Gasteiger partial charge in [-0.15, -0.1) is 0 Å². The van der Waals surface area contributed by atoms with Crippen molar-refractivity contribution in [3.05, 3.63) is 66.2 Å². The van der Waals surface area contributed by atoms with Gasteiger partial charge in [0.15, 0.2) is 5.11 Å². The summed E-state index contributed by atoms with van der Waals surface area (Å²) in [6, 6.07) is 16.1. The van der Waals surface area contributed by atoms with Crippen molar-refractivity contribution in [2.45, 2.75) is 12.8 Å². The first-order chi connectivity index (χ1) is 14.5. The number of benzene rings is 2. The van der Waals surface area contributed by atoms with Gasteiger partial charge < -0.3 is 10.1 Å². The normalized spacial score (nSPS) is 10.2. The smallest absolute Gasteiger partial charge is 0.250 e. The van der Waals surface area contributed by atoms with Crippen LogP contribution in [0.1, 0.15) is 18.4 Å². The molecule has 3 amide bonds. The fraction of sp³-hybridized carbons (Fsp3) is 0.143. The molecule has 0 saturated heterocycles. The Balaban J connectivity index is 1.65. The van der Waals surface area contributed by atoms with Crippen LogP contribution in [0.3, 0.4) is 0 Å². The van der Waals surface area contributed by atoms with Crippen LogP contribution in [-0.4, -0.2) is 29.9 Å². The van der Waals surface area contributed by atoms with Crippen molar-refractivity contribution in [2.75, 3.05) is 12.4 Å². The Kier molecular flexibility index (Phi) is 9.01. The van der Waals surface area contributed by atoms with E-state index in [1.165, 1.54) is 6.08 Å². The molecular weight excluding hydrogens is 404 g/mol. The second kappa shape index (κ2) is 12.0. The van der Waals surface area contributed by atoms with Gasteiger partial charge in [0.05, 0.1) is 7.11 Å². The van der Waals surface area contributed by atoms with Crippen molar-refractivity contribution in [3.8, 4) is 5.75 Å². The fourth-order valence-corrected chi connectivity index (χ4v) is 2.38. The van der Waals surface area contributed by atoms with Crippen molar-refractivity contribution in [1.82, 2.24) is 16.2 Å². The quantitative estimate of drug-likeness (QED) is 0.307. The van der Waals surface area contributed by atoms with Crippen LogP contribution in [0, 0.1) is 0 Å². The van der Waals surface area contributed by atoms with Crippen molar-refractivity contribution in [1.29, 1.82) is 0 Å². The molecular formula is C21H22N4O4S. The number of anilines is 1. The van der Waals surface area contributed by atoms with E-state index < -0.39 is 11.8 Å². The van der Waals surface area contributed by atoms with E-state index in [1.54, 1.807) is 61.7 Å². The Labute approximate surface area is 179 Å². The number of methoxy groups -OCH3 is 1. The Bertz CT molecular complexity index is 914. The van der Waals surface area contributed by atoms with Gasteiger partial charge in [-0.05, 0) is 48.1 Å². The van der Waals surface area contributed by atoms with Crippen LogP contribution < -0.4 is 26.2 Å². The van der Waals surface area contributed by atoms with Crippen LogP contribution in [0.4, 0.5) is 5.69 Å². The monoisotopic (exact) mass is 426 g/mol. The number of carbonyl (C=O) groups excluding carboxylic acids is 3. The van der Waals surface area contributed by atoms with E-state index in [4.69, 9.17) is 17.0 Å². The molecule has 0 saturated carbocycles. The predicted octanol–water partition coefficient (Wildman–Crippen LogP) is 2.15. The highest BCUT2D eigenvalue weighted by molar-refractivity contribution is 7.80. The van der Waals surface area contributed by atoms with E-state index in [9.17, 15) is 14.4 Å². The Hall–Kier alpha value is -3.72. The number of hydrazine groups is 1. The number of para-hydroxylation sites is 1. The third-order valence-electron chi connectivity index (χ3n) is 3.73. The molecule has 0 heterocycles. The van der Waals surface area contributed by atoms with Crippen molar-refractivity contribution in [3.63, 3.8) is 0 Å². The lowest BCUT2D eigenvalue weighted by Gasteiger charge is -2.10. The molecule has 0 bridgehead atoms. The van der Waals surface area contributed by atoms with Gasteiger partial charge in [0.1, 0.15) is 5.75 Å². The zero-order valence-corrected chi connectivity index (χ0v) is 17.1. The molecule has 0 aliphatic carbocycles. The maximum Gasteiger partial charge on any atom is 0.250 e. The van der Waals surface area contributed by atoms with Gasteiger partial charge in [0.2, 0.25) is 17.7 Å². The van der Waals surface area contributed by atoms with Crippen LogP contribution in [0.25, 0.3) is 6.08 Å². The lowest BCUT2D eigenvalue weighted by Crippen LogP contribution is -2.48. The van der Waals surface area contributed by atoms with Gasteiger partial charge in [0.25, 0.3) is 0 Å². The number of hydrogen-bond acceptors (Lipinski definition) is 5. The van der Waals surface area contributed by atoms with Gasteiger partial charge in [-0.25, -0.2) is 0 Å². The van der Waals surface area contributed by atoms with E-state index in [1.807, 2.05) is 6.07 Å². The highest BCUT2D eigenvalue weighted by Crippen LogP contribution is 2.12. The minimum Gasteiger partial charge on any atom is -0.497 e. The van der Waals surface area contributed by atoms with Crippen molar-refractivity contribution in [2.24, 2.45) is 0 Å². The van der Waals surface area contributed by atoms with Crippen molar-refractivity contribution >= 4 is 46.8 Å². The van der Waals surface area contributed by atoms with Crippen LogP contribution in [0.2, 0.25) is 0 Å². The lowest BCUT2D eigenvalue weighted by molar-refractivity contribution is -0.124. The SMILES string of the molecule is COc1ccc(C=CC(=O)NC(=S)NNC(=O)CCC(=O)Nc2ccccc2)cc1. The number of thiocarbonyl (C=S) groups is 1. The highest BCUT2D eigenvalue weighted by atomic mass is 32.1. The molecule has 0 spiro atoms. The van der Waals surface area contributed by atoms with Gasteiger partial charge in [-0.1, -0.05) is 30.3 Å². The summed E-state index contributed by atoms with van der Waals surface area (Å²) in [6.07, 6.45) is 2.89. The zero-order chi connectivity index (χ0) is 21.8. The second-order valence-electron chi connectivity index (χ2n) is 6.01. The van der Waals surface area contributed by atoms with Gasteiger partial charge >= 0.3 is 0 Å². The minimum atomic E-state index is -0.459. The summed E-state index contributed by atoms with van der Waals surface area (Å²) in [7, 11) is 1.57. The zero-order valence-electron chi connectivity index (χ0n) is 16.3. The third-order valence-corrected chi connectivity index (χ3v) is 3.94. The van der Waals surface area contributed by atoms with E-state index in [0.717, 1.165) is 11.3 Å². The molecule has 156 valence electrons. The molecule has 0 aromatic heterocycles. The number of carbonyl (C=O) groups is 3. The summed E-state index contributed by atoms with van der Waals surface area (Å²) in [5.74, 6) is -0.463. The van der Waals surface area contributed by atoms with Crippen molar-refractivity contribution < 1.29 is 19.1 Å². The van der Waals surface area contributed by atoms with Crippen LogP contribution in [0.15, 0.2) is 60.7 Å². The first-order valence-corrected chi connectivity index (χ1v) is 9.44. The lowest BCUT2D eigenvalue weighted by atomic mass is 10.2. The molecule has 0 aliphatic rings. The first kappa shape index (κ1) is 22.6. The molecule has 2 aromatic carbocycles. The molecule has 0 aliphatic heterocycles. The molecule has 8 nitrogen and oxygen atoms in total. The summed E-state index contributed by atoms with van der Waals surface area (Å²) in [5, 5.41) is 5.02. The number of rotatable bonds is 7. The average molecular weight is 426 g/mol. The molecule has 0 atom stereocenters. The maximum absolute atomic E-state index is 11.9. The predicted molar refractivity (Wildman–Crippen MR) is 118 cm³/mol. The molecule has 2 aromatic rings. The summed E-state index contributed by atoms with van der Waals surface area (Å²) >= 11 is 4.95. The number of amides is 3. The highest BCUT2D eigenvalue weighted by Gasteiger charge is 2.08. The summed E-state index contributed by atoms with van der Waals surface area (Å²) in [5.41, 5.74) is 6.22. The fourth-order valence-electron chi connectivity index (χ4n) is 2.23.